The van der Waals surface area contributed by atoms with E-state index >= 15 is 0 Å². The molecule has 1 heterocycles. The number of fused-ring (bicyclic) bond motifs is 1. The van der Waals surface area contributed by atoms with Crippen LogP contribution in [0, 0.1) is 5.92 Å². The van der Waals surface area contributed by atoms with Crippen LogP contribution in [0.5, 0.6) is 0 Å². The minimum absolute atomic E-state index is 0.0586. The van der Waals surface area contributed by atoms with Crippen LogP contribution in [0.4, 0.5) is 5.69 Å². The largest absolute Gasteiger partial charge is 0.480 e. The summed E-state index contributed by atoms with van der Waals surface area (Å²) < 4.78 is 1.68. The summed E-state index contributed by atoms with van der Waals surface area (Å²) in [5.74, 6) is -0.264. The standard InChI is InChI=1S/C16H18N2O3/c19-15(8-11-2-1-3-11)17-13-4-5-14-12(9-13)6-7-18(14)10-16(20)21/h4-7,9,11H,1-3,8,10H2,(H,17,19)(H,20,21). The predicted octanol–water partition coefficient (Wildman–Crippen LogP) is 2.85. The average Bonchev–Trinajstić information content (AvgIpc) is 2.76. The predicted molar refractivity (Wildman–Crippen MR) is 80.2 cm³/mol. The molecule has 1 aliphatic carbocycles. The fourth-order valence-corrected chi connectivity index (χ4v) is 2.73. The summed E-state index contributed by atoms with van der Waals surface area (Å²) in [6, 6.07) is 7.41. The molecule has 0 unspecified atom stereocenters. The smallest absolute Gasteiger partial charge is 0.323 e. The number of aliphatic carboxylic acids is 1. The van der Waals surface area contributed by atoms with Crippen molar-refractivity contribution in [2.75, 3.05) is 5.32 Å². The Morgan fingerprint density at radius 1 is 1.29 bits per heavy atom. The topological polar surface area (TPSA) is 71.3 Å². The third-order valence-electron chi connectivity index (χ3n) is 4.06. The van der Waals surface area contributed by atoms with Gasteiger partial charge in [-0.3, -0.25) is 9.59 Å². The van der Waals surface area contributed by atoms with Crippen LogP contribution in [0.2, 0.25) is 0 Å². The summed E-state index contributed by atoms with van der Waals surface area (Å²) in [4.78, 5) is 22.7. The van der Waals surface area contributed by atoms with Crippen molar-refractivity contribution < 1.29 is 14.7 Å². The minimum atomic E-state index is -0.870. The maximum atomic E-state index is 11.9. The highest BCUT2D eigenvalue weighted by Gasteiger charge is 2.20. The van der Waals surface area contributed by atoms with Crippen molar-refractivity contribution in [1.29, 1.82) is 0 Å². The van der Waals surface area contributed by atoms with Gasteiger partial charge in [0.05, 0.1) is 0 Å². The highest BCUT2D eigenvalue weighted by Crippen LogP contribution is 2.29. The number of carbonyl (C=O) groups is 2. The number of hydrogen-bond acceptors (Lipinski definition) is 2. The van der Waals surface area contributed by atoms with E-state index in [0.717, 1.165) is 29.4 Å². The van der Waals surface area contributed by atoms with Crippen LogP contribution in [0.15, 0.2) is 30.5 Å². The summed E-state index contributed by atoms with van der Waals surface area (Å²) in [6.45, 7) is -0.0586. The van der Waals surface area contributed by atoms with E-state index in [4.69, 9.17) is 5.11 Å². The molecule has 0 atom stereocenters. The minimum Gasteiger partial charge on any atom is -0.480 e. The van der Waals surface area contributed by atoms with Gasteiger partial charge in [-0.2, -0.15) is 0 Å². The Hall–Kier alpha value is -2.30. The number of rotatable bonds is 5. The van der Waals surface area contributed by atoms with E-state index in [1.807, 2.05) is 24.3 Å². The van der Waals surface area contributed by atoms with Crippen molar-refractivity contribution in [2.24, 2.45) is 5.92 Å². The second-order valence-electron chi connectivity index (χ2n) is 5.66. The van der Waals surface area contributed by atoms with Crippen LogP contribution < -0.4 is 5.32 Å². The van der Waals surface area contributed by atoms with Crippen molar-refractivity contribution in [3.05, 3.63) is 30.5 Å². The number of anilines is 1. The molecule has 0 aliphatic heterocycles. The van der Waals surface area contributed by atoms with Crippen molar-refractivity contribution in [1.82, 2.24) is 4.57 Å². The Morgan fingerprint density at radius 3 is 2.76 bits per heavy atom. The zero-order chi connectivity index (χ0) is 14.8. The zero-order valence-electron chi connectivity index (χ0n) is 11.7. The summed E-state index contributed by atoms with van der Waals surface area (Å²) in [6.07, 6.45) is 5.90. The Morgan fingerprint density at radius 2 is 2.10 bits per heavy atom. The first-order valence-corrected chi connectivity index (χ1v) is 7.22. The summed E-state index contributed by atoms with van der Waals surface area (Å²) in [5.41, 5.74) is 1.62. The van der Waals surface area contributed by atoms with Gasteiger partial charge >= 0.3 is 5.97 Å². The lowest BCUT2D eigenvalue weighted by atomic mass is 9.83. The van der Waals surface area contributed by atoms with Crippen LogP contribution in [-0.4, -0.2) is 21.6 Å². The first-order valence-electron chi connectivity index (χ1n) is 7.22. The van der Waals surface area contributed by atoms with Gasteiger partial charge in [0, 0.05) is 29.2 Å². The fourth-order valence-electron chi connectivity index (χ4n) is 2.73. The number of nitrogens with zero attached hydrogens (tertiary/aromatic N) is 1. The molecular weight excluding hydrogens is 268 g/mol. The molecule has 110 valence electrons. The molecule has 1 aromatic heterocycles. The molecule has 0 radical (unpaired) electrons. The molecule has 1 saturated carbocycles. The molecule has 5 heteroatoms. The Labute approximate surface area is 122 Å². The highest BCUT2D eigenvalue weighted by molar-refractivity contribution is 5.94. The molecule has 1 aliphatic rings. The molecule has 2 N–H and O–H groups in total. The Bertz CT molecular complexity index is 686. The third kappa shape index (κ3) is 3.07. The molecule has 2 aromatic rings. The second kappa shape index (κ2) is 5.60. The number of carboxylic acids is 1. The first-order chi connectivity index (χ1) is 10.1. The van der Waals surface area contributed by atoms with Gasteiger partial charge < -0.3 is 15.0 Å². The fraction of sp³-hybridized carbons (Fsp3) is 0.375. The lowest BCUT2D eigenvalue weighted by molar-refractivity contribution is -0.137. The van der Waals surface area contributed by atoms with Gasteiger partial charge in [-0.15, -0.1) is 0 Å². The van der Waals surface area contributed by atoms with Crippen LogP contribution >= 0.6 is 0 Å². The molecule has 0 saturated heterocycles. The average molecular weight is 286 g/mol. The van der Waals surface area contributed by atoms with Crippen LogP contribution in [-0.2, 0) is 16.1 Å². The lowest BCUT2D eigenvalue weighted by Crippen LogP contribution is -2.20. The van der Waals surface area contributed by atoms with Gasteiger partial charge in [-0.1, -0.05) is 6.42 Å². The van der Waals surface area contributed by atoms with E-state index in [1.165, 1.54) is 6.42 Å². The maximum absolute atomic E-state index is 11.9. The van der Waals surface area contributed by atoms with Gasteiger partial charge in [0.2, 0.25) is 5.91 Å². The number of carbonyl (C=O) groups excluding carboxylic acids is 1. The lowest BCUT2D eigenvalue weighted by Gasteiger charge is -2.24. The van der Waals surface area contributed by atoms with Gasteiger partial charge in [-0.25, -0.2) is 0 Å². The molecule has 0 bridgehead atoms. The third-order valence-corrected chi connectivity index (χ3v) is 4.06. The second-order valence-corrected chi connectivity index (χ2v) is 5.66. The normalized spacial score (nSPS) is 14.9. The van der Waals surface area contributed by atoms with Gasteiger partial charge in [0.15, 0.2) is 0 Å². The Kier molecular flexibility index (Phi) is 3.64. The quantitative estimate of drug-likeness (QED) is 0.887. The van der Waals surface area contributed by atoms with Crippen LogP contribution in [0.3, 0.4) is 0 Å². The first kappa shape index (κ1) is 13.7. The number of nitrogens with one attached hydrogen (secondary N) is 1. The van der Waals surface area contributed by atoms with E-state index in [0.29, 0.717) is 12.3 Å². The maximum Gasteiger partial charge on any atom is 0.323 e. The molecule has 1 aromatic carbocycles. The molecular formula is C16H18N2O3. The van der Waals surface area contributed by atoms with Crippen molar-refractivity contribution in [2.45, 2.75) is 32.2 Å². The van der Waals surface area contributed by atoms with E-state index in [2.05, 4.69) is 5.32 Å². The Balaban J connectivity index is 1.71. The number of benzene rings is 1. The van der Waals surface area contributed by atoms with E-state index < -0.39 is 5.97 Å². The molecule has 21 heavy (non-hydrogen) atoms. The summed E-state index contributed by atoms with van der Waals surface area (Å²) in [5, 5.41) is 12.7. The van der Waals surface area contributed by atoms with Gasteiger partial charge in [-0.05, 0) is 43.0 Å². The monoisotopic (exact) mass is 286 g/mol. The summed E-state index contributed by atoms with van der Waals surface area (Å²) in [7, 11) is 0. The molecule has 0 spiro atoms. The van der Waals surface area contributed by atoms with Crippen LogP contribution in [0.25, 0.3) is 10.9 Å². The number of aromatic nitrogens is 1. The number of carboxylic acid groups (broad SMARTS) is 1. The van der Waals surface area contributed by atoms with Gasteiger partial charge in [0.25, 0.3) is 0 Å². The van der Waals surface area contributed by atoms with E-state index in [-0.39, 0.29) is 12.5 Å². The van der Waals surface area contributed by atoms with Crippen molar-refractivity contribution in [3.8, 4) is 0 Å². The molecule has 5 nitrogen and oxygen atoms in total. The molecule has 1 fully saturated rings. The molecule has 3 rings (SSSR count). The SMILES string of the molecule is O=C(O)Cn1ccc2cc(NC(=O)CC3CCC3)ccc21. The summed E-state index contributed by atoms with van der Waals surface area (Å²) >= 11 is 0. The van der Waals surface area contributed by atoms with Crippen LogP contribution in [0.1, 0.15) is 25.7 Å². The highest BCUT2D eigenvalue weighted by atomic mass is 16.4. The molecule has 1 amide bonds. The van der Waals surface area contributed by atoms with E-state index in [1.54, 1.807) is 10.8 Å². The van der Waals surface area contributed by atoms with Gasteiger partial charge in [0.1, 0.15) is 6.54 Å². The van der Waals surface area contributed by atoms with Crippen molar-refractivity contribution in [3.63, 3.8) is 0 Å². The van der Waals surface area contributed by atoms with E-state index in [9.17, 15) is 9.59 Å². The number of amides is 1. The zero-order valence-corrected chi connectivity index (χ0v) is 11.7. The van der Waals surface area contributed by atoms with Crippen molar-refractivity contribution >= 4 is 28.5 Å². The number of hydrogen-bond donors (Lipinski definition) is 2.